The summed E-state index contributed by atoms with van der Waals surface area (Å²) in [5.41, 5.74) is 4.09. The SMILES string of the molecule is Cc1c(-c2cc(OCCc3ccccc3F)n3c(C#N)cnc3c2)nnn1C1CCNCC1. The minimum absolute atomic E-state index is 0.253. The fourth-order valence-electron chi connectivity index (χ4n) is 4.37. The molecule has 4 aromatic rings. The van der Waals surface area contributed by atoms with Gasteiger partial charge in [0, 0.05) is 18.1 Å². The molecule has 0 unspecified atom stereocenters. The van der Waals surface area contributed by atoms with Gasteiger partial charge in [-0.3, -0.25) is 4.40 Å². The molecule has 3 aromatic heterocycles. The summed E-state index contributed by atoms with van der Waals surface area (Å²) in [7, 11) is 0. The van der Waals surface area contributed by atoms with Crippen molar-refractivity contribution >= 4 is 5.65 Å². The number of piperidine rings is 1. The van der Waals surface area contributed by atoms with E-state index in [-0.39, 0.29) is 12.4 Å². The Kier molecular flexibility index (Phi) is 5.75. The van der Waals surface area contributed by atoms with Gasteiger partial charge in [0.1, 0.15) is 28.9 Å². The maximum absolute atomic E-state index is 14.0. The molecule has 4 heterocycles. The van der Waals surface area contributed by atoms with Crippen LogP contribution in [0.2, 0.25) is 0 Å². The molecule has 0 amide bonds. The van der Waals surface area contributed by atoms with Gasteiger partial charge in [-0.25, -0.2) is 14.1 Å². The lowest BCUT2D eigenvalue weighted by Crippen LogP contribution is -2.30. The summed E-state index contributed by atoms with van der Waals surface area (Å²) < 4.78 is 23.7. The molecule has 5 rings (SSSR count). The Hall–Kier alpha value is -3.77. The van der Waals surface area contributed by atoms with Gasteiger partial charge in [0.15, 0.2) is 0 Å². The summed E-state index contributed by atoms with van der Waals surface area (Å²) in [4.78, 5) is 4.38. The number of rotatable bonds is 6. The number of benzene rings is 1. The van der Waals surface area contributed by atoms with Gasteiger partial charge >= 0.3 is 0 Å². The highest BCUT2D eigenvalue weighted by atomic mass is 19.1. The number of aromatic nitrogens is 5. The first-order chi connectivity index (χ1) is 16.2. The van der Waals surface area contributed by atoms with Crippen molar-refractivity contribution in [3.63, 3.8) is 0 Å². The third-order valence-electron chi connectivity index (χ3n) is 6.12. The fraction of sp³-hybridized carbons (Fsp3) is 0.333. The first kappa shape index (κ1) is 21.1. The zero-order valence-corrected chi connectivity index (χ0v) is 18.3. The van der Waals surface area contributed by atoms with Crippen molar-refractivity contribution in [3.05, 3.63) is 65.4 Å². The first-order valence-electron chi connectivity index (χ1n) is 11.1. The van der Waals surface area contributed by atoms with Crippen molar-refractivity contribution < 1.29 is 9.13 Å². The van der Waals surface area contributed by atoms with Crippen molar-refractivity contribution in [1.29, 1.82) is 5.26 Å². The summed E-state index contributed by atoms with van der Waals surface area (Å²) in [6, 6.07) is 12.8. The summed E-state index contributed by atoms with van der Waals surface area (Å²) in [5.74, 6) is 0.203. The molecule has 168 valence electrons. The van der Waals surface area contributed by atoms with Crippen LogP contribution in [0.5, 0.6) is 5.88 Å². The van der Waals surface area contributed by atoms with Crippen LogP contribution in [-0.2, 0) is 6.42 Å². The quantitative estimate of drug-likeness (QED) is 0.489. The van der Waals surface area contributed by atoms with Gasteiger partial charge in [-0.1, -0.05) is 23.4 Å². The molecule has 0 spiro atoms. The van der Waals surface area contributed by atoms with Crippen molar-refractivity contribution in [2.75, 3.05) is 19.7 Å². The Labute approximate surface area is 190 Å². The van der Waals surface area contributed by atoms with Crippen LogP contribution < -0.4 is 10.1 Å². The Morgan fingerprint density at radius 1 is 1.24 bits per heavy atom. The van der Waals surface area contributed by atoms with Crippen LogP contribution in [0.3, 0.4) is 0 Å². The number of fused-ring (bicyclic) bond motifs is 1. The molecule has 1 aliphatic heterocycles. The number of nitriles is 1. The summed E-state index contributed by atoms with van der Waals surface area (Å²) in [5, 5.41) is 21.8. The average Bonchev–Trinajstić information content (AvgIpc) is 3.44. The Morgan fingerprint density at radius 3 is 2.85 bits per heavy atom. The van der Waals surface area contributed by atoms with Crippen LogP contribution in [0.1, 0.15) is 35.8 Å². The fourth-order valence-corrected chi connectivity index (χ4v) is 4.37. The lowest BCUT2D eigenvalue weighted by molar-refractivity contribution is 0.304. The second-order valence-corrected chi connectivity index (χ2v) is 8.17. The van der Waals surface area contributed by atoms with E-state index in [9.17, 15) is 9.65 Å². The Bertz CT molecular complexity index is 1330. The second-order valence-electron chi connectivity index (χ2n) is 8.17. The Balaban J connectivity index is 1.48. The minimum atomic E-state index is -0.259. The topological polar surface area (TPSA) is 93.1 Å². The maximum Gasteiger partial charge on any atom is 0.201 e. The highest BCUT2D eigenvalue weighted by Crippen LogP contribution is 2.30. The second kappa shape index (κ2) is 9.00. The van der Waals surface area contributed by atoms with Gasteiger partial charge in [-0.05, 0) is 50.6 Å². The smallest absolute Gasteiger partial charge is 0.201 e. The molecule has 9 heteroatoms. The molecule has 0 bridgehead atoms. The van der Waals surface area contributed by atoms with Crippen LogP contribution in [0.25, 0.3) is 16.9 Å². The molecule has 1 saturated heterocycles. The molecular weight excluding hydrogens is 421 g/mol. The number of hydrogen-bond acceptors (Lipinski definition) is 6. The molecule has 1 aromatic carbocycles. The van der Waals surface area contributed by atoms with Crippen molar-refractivity contribution in [1.82, 2.24) is 29.7 Å². The van der Waals surface area contributed by atoms with E-state index in [1.54, 1.807) is 22.6 Å². The number of nitrogens with one attached hydrogen (secondary N) is 1. The molecule has 8 nitrogen and oxygen atoms in total. The number of nitrogens with zero attached hydrogens (tertiary/aromatic N) is 6. The molecule has 0 radical (unpaired) electrons. The normalized spacial score (nSPS) is 14.5. The van der Waals surface area contributed by atoms with E-state index >= 15 is 0 Å². The van der Waals surface area contributed by atoms with E-state index < -0.39 is 0 Å². The van der Waals surface area contributed by atoms with E-state index in [0.717, 1.165) is 42.9 Å². The largest absolute Gasteiger partial charge is 0.478 e. The predicted octanol–water partition coefficient (Wildman–Crippen LogP) is 3.46. The number of hydrogen-bond donors (Lipinski definition) is 1. The van der Waals surface area contributed by atoms with Gasteiger partial charge in [-0.2, -0.15) is 5.26 Å². The van der Waals surface area contributed by atoms with Crippen LogP contribution in [0, 0.1) is 24.1 Å². The summed E-state index contributed by atoms with van der Waals surface area (Å²) in [6.45, 7) is 4.21. The summed E-state index contributed by atoms with van der Waals surface area (Å²) >= 11 is 0. The molecular formula is C24H24FN7O. The van der Waals surface area contributed by atoms with Gasteiger partial charge in [0.05, 0.1) is 24.5 Å². The number of imidazole rings is 1. The predicted molar refractivity (Wildman–Crippen MR) is 120 cm³/mol. The number of ether oxygens (including phenoxy) is 1. The molecule has 1 aliphatic rings. The lowest BCUT2D eigenvalue weighted by atomic mass is 10.1. The number of pyridine rings is 1. The zero-order valence-electron chi connectivity index (χ0n) is 18.3. The zero-order chi connectivity index (χ0) is 22.8. The molecule has 1 fully saturated rings. The van der Waals surface area contributed by atoms with Gasteiger partial charge < -0.3 is 10.1 Å². The van der Waals surface area contributed by atoms with Gasteiger partial charge in [-0.15, -0.1) is 5.10 Å². The van der Waals surface area contributed by atoms with Crippen molar-refractivity contribution in [2.45, 2.75) is 32.2 Å². The van der Waals surface area contributed by atoms with Crippen molar-refractivity contribution in [2.24, 2.45) is 0 Å². The highest BCUT2D eigenvalue weighted by molar-refractivity contribution is 5.68. The molecule has 0 atom stereocenters. The van der Waals surface area contributed by atoms with E-state index in [0.29, 0.717) is 35.2 Å². The standard InChI is InChI=1S/C24H24FN7O/c1-16-24(29-30-32(16)19-6-9-27-10-7-19)18-12-22-28-15-20(14-26)31(22)23(13-18)33-11-8-17-4-2-3-5-21(17)25/h2-5,12-13,15,19,27H,6-11H2,1H3. The molecule has 33 heavy (non-hydrogen) atoms. The first-order valence-corrected chi connectivity index (χ1v) is 11.1. The molecule has 0 aliphatic carbocycles. The lowest BCUT2D eigenvalue weighted by Gasteiger charge is -2.23. The van der Waals surface area contributed by atoms with E-state index in [2.05, 4.69) is 26.7 Å². The van der Waals surface area contributed by atoms with Crippen LogP contribution in [0.15, 0.2) is 42.6 Å². The van der Waals surface area contributed by atoms with E-state index in [1.165, 1.54) is 12.3 Å². The third-order valence-corrected chi connectivity index (χ3v) is 6.12. The van der Waals surface area contributed by atoms with E-state index in [4.69, 9.17) is 4.74 Å². The number of halogens is 1. The maximum atomic E-state index is 14.0. The molecule has 1 N–H and O–H groups in total. The van der Waals surface area contributed by atoms with Gasteiger partial charge in [0.2, 0.25) is 5.88 Å². The van der Waals surface area contributed by atoms with Crippen LogP contribution in [0.4, 0.5) is 4.39 Å². The van der Waals surface area contributed by atoms with E-state index in [1.807, 2.05) is 23.7 Å². The minimum Gasteiger partial charge on any atom is -0.478 e. The molecule has 0 saturated carbocycles. The van der Waals surface area contributed by atoms with Crippen molar-refractivity contribution in [3.8, 4) is 23.2 Å². The van der Waals surface area contributed by atoms with Crippen LogP contribution in [-0.4, -0.2) is 44.1 Å². The Morgan fingerprint density at radius 2 is 2.06 bits per heavy atom. The highest BCUT2D eigenvalue weighted by Gasteiger charge is 2.22. The van der Waals surface area contributed by atoms with Gasteiger partial charge in [0.25, 0.3) is 0 Å². The monoisotopic (exact) mass is 445 g/mol. The van der Waals surface area contributed by atoms with Crippen LogP contribution >= 0.6 is 0 Å². The average molecular weight is 446 g/mol. The third kappa shape index (κ3) is 4.05. The summed E-state index contributed by atoms with van der Waals surface area (Å²) in [6.07, 6.45) is 3.94.